The van der Waals surface area contributed by atoms with E-state index in [0.29, 0.717) is 17.5 Å². The molecule has 0 aliphatic rings. The van der Waals surface area contributed by atoms with E-state index in [9.17, 15) is 18.0 Å². The van der Waals surface area contributed by atoms with E-state index in [-0.39, 0.29) is 16.9 Å². The monoisotopic (exact) mass is 375 g/mol. The first-order valence-electron chi connectivity index (χ1n) is 8.13. The molecule has 0 radical (unpaired) electrons. The van der Waals surface area contributed by atoms with Gasteiger partial charge in [-0.2, -0.15) is 0 Å². The molecular weight excluding hydrogens is 354 g/mol. The number of nitrogens with one attached hydrogen (secondary N) is 1. The Balaban J connectivity index is 2.38. The second-order valence-corrected chi connectivity index (χ2v) is 8.00. The number of carbonyl (C=O) groups is 2. The highest BCUT2D eigenvalue weighted by Gasteiger charge is 2.21. The average molecular weight is 375 g/mol. The highest BCUT2D eigenvalue weighted by molar-refractivity contribution is 7.90. The molecule has 0 aliphatic heterocycles. The van der Waals surface area contributed by atoms with Gasteiger partial charge in [0.25, 0.3) is 5.91 Å². The maximum Gasteiger partial charge on any atom is 0.305 e. The summed E-state index contributed by atoms with van der Waals surface area (Å²) in [5.41, 5.74) is 1.60. The number of rotatable bonds is 7. The zero-order valence-electron chi connectivity index (χ0n) is 14.6. The van der Waals surface area contributed by atoms with Crippen LogP contribution in [0.15, 0.2) is 53.4 Å². The molecule has 138 valence electrons. The molecule has 1 amide bonds. The number of sulfone groups is 1. The Morgan fingerprint density at radius 2 is 1.77 bits per heavy atom. The number of hydrogen-bond acceptors (Lipinski definition) is 4. The molecule has 1 atom stereocenters. The molecule has 0 aliphatic carbocycles. The van der Waals surface area contributed by atoms with Gasteiger partial charge in [0.15, 0.2) is 9.84 Å². The Bertz CT molecular complexity index is 907. The first-order chi connectivity index (χ1) is 12.2. The van der Waals surface area contributed by atoms with E-state index in [1.54, 1.807) is 36.4 Å². The number of amides is 1. The van der Waals surface area contributed by atoms with Crippen LogP contribution < -0.4 is 5.32 Å². The lowest BCUT2D eigenvalue weighted by molar-refractivity contribution is -0.137. The Labute approximate surface area is 152 Å². The molecule has 2 aromatic rings. The van der Waals surface area contributed by atoms with Crippen LogP contribution in [0.5, 0.6) is 0 Å². The Morgan fingerprint density at radius 3 is 2.31 bits per heavy atom. The van der Waals surface area contributed by atoms with Crippen molar-refractivity contribution >= 4 is 21.7 Å². The Kier molecular flexibility index (Phi) is 6.15. The minimum atomic E-state index is -3.46. The highest BCUT2D eigenvalue weighted by atomic mass is 32.2. The smallest absolute Gasteiger partial charge is 0.305 e. The van der Waals surface area contributed by atoms with Gasteiger partial charge in [0.2, 0.25) is 0 Å². The molecular formula is C19H21NO5S. The van der Waals surface area contributed by atoms with Crippen LogP contribution in [0.3, 0.4) is 0 Å². The molecule has 1 unspecified atom stereocenters. The van der Waals surface area contributed by atoms with Gasteiger partial charge in [-0.3, -0.25) is 9.59 Å². The average Bonchev–Trinajstić information content (AvgIpc) is 2.60. The van der Waals surface area contributed by atoms with Crippen molar-refractivity contribution in [2.45, 2.75) is 30.7 Å². The first kappa shape index (κ1) is 19.7. The van der Waals surface area contributed by atoms with Gasteiger partial charge in [-0.25, -0.2) is 8.42 Å². The predicted molar refractivity (Wildman–Crippen MR) is 97.8 cm³/mol. The lowest BCUT2D eigenvalue weighted by Gasteiger charge is -2.19. The number of carboxylic acid groups (broad SMARTS) is 1. The van der Waals surface area contributed by atoms with Gasteiger partial charge in [-0.1, -0.05) is 43.3 Å². The summed E-state index contributed by atoms with van der Waals surface area (Å²) in [6, 6.07) is 12.5. The number of carboxylic acids is 1. The molecule has 0 bridgehead atoms. The van der Waals surface area contributed by atoms with Crippen LogP contribution in [0.1, 0.15) is 40.9 Å². The first-order valence-corrected chi connectivity index (χ1v) is 10.0. The van der Waals surface area contributed by atoms with E-state index in [2.05, 4.69) is 5.32 Å². The third kappa shape index (κ3) is 4.92. The number of carbonyl (C=O) groups excluding carboxylic acids is 1. The molecule has 0 aromatic heterocycles. The summed E-state index contributed by atoms with van der Waals surface area (Å²) >= 11 is 0. The minimum Gasteiger partial charge on any atom is -0.481 e. The standard InChI is InChI=1S/C19H21NO5S/c1-3-13-9-10-15(26(2,24)25)11-16(13)19(23)20-17(12-18(21)22)14-7-5-4-6-8-14/h4-11,17H,3,12H2,1-2H3,(H,20,23)(H,21,22). The summed E-state index contributed by atoms with van der Waals surface area (Å²) in [6.45, 7) is 1.86. The SMILES string of the molecule is CCc1ccc(S(C)(=O)=O)cc1C(=O)NC(CC(=O)O)c1ccccc1. The van der Waals surface area contributed by atoms with Gasteiger partial charge in [-0.15, -0.1) is 0 Å². The predicted octanol–water partition coefficient (Wildman–Crippen LogP) is 2.60. The van der Waals surface area contributed by atoms with Crippen LogP contribution in [0.4, 0.5) is 0 Å². The van der Waals surface area contributed by atoms with E-state index in [0.717, 1.165) is 6.26 Å². The molecule has 0 saturated heterocycles. The van der Waals surface area contributed by atoms with Gasteiger partial charge in [-0.05, 0) is 29.7 Å². The van der Waals surface area contributed by atoms with E-state index >= 15 is 0 Å². The molecule has 0 heterocycles. The normalized spacial score (nSPS) is 12.4. The summed E-state index contributed by atoms with van der Waals surface area (Å²) in [6.07, 6.45) is 1.34. The van der Waals surface area contributed by atoms with Crippen molar-refractivity contribution in [2.75, 3.05) is 6.26 Å². The number of hydrogen-bond donors (Lipinski definition) is 2. The van der Waals surface area contributed by atoms with E-state index < -0.39 is 27.8 Å². The van der Waals surface area contributed by atoms with Crippen molar-refractivity contribution < 1.29 is 23.1 Å². The topological polar surface area (TPSA) is 101 Å². The third-order valence-corrected chi connectivity index (χ3v) is 5.13. The van der Waals surface area contributed by atoms with Crippen molar-refractivity contribution in [3.8, 4) is 0 Å². The van der Waals surface area contributed by atoms with Crippen molar-refractivity contribution in [3.05, 3.63) is 65.2 Å². The zero-order chi connectivity index (χ0) is 19.3. The maximum absolute atomic E-state index is 12.8. The summed E-state index contributed by atoms with van der Waals surface area (Å²) in [4.78, 5) is 24.0. The third-order valence-electron chi connectivity index (χ3n) is 4.02. The molecule has 0 fully saturated rings. The summed E-state index contributed by atoms with van der Waals surface area (Å²) in [5, 5.41) is 11.9. The van der Waals surface area contributed by atoms with Crippen LogP contribution in [0.2, 0.25) is 0 Å². The van der Waals surface area contributed by atoms with Gasteiger partial charge in [0.05, 0.1) is 17.4 Å². The summed E-state index contributed by atoms with van der Waals surface area (Å²) in [5.74, 6) is -1.54. The fourth-order valence-corrected chi connectivity index (χ4v) is 3.30. The molecule has 6 nitrogen and oxygen atoms in total. The van der Waals surface area contributed by atoms with Gasteiger partial charge >= 0.3 is 5.97 Å². The largest absolute Gasteiger partial charge is 0.481 e. The minimum absolute atomic E-state index is 0.0503. The van der Waals surface area contributed by atoms with E-state index in [4.69, 9.17) is 5.11 Å². The highest BCUT2D eigenvalue weighted by Crippen LogP contribution is 2.21. The van der Waals surface area contributed by atoms with Crippen molar-refractivity contribution in [1.29, 1.82) is 0 Å². The quantitative estimate of drug-likeness (QED) is 0.775. The van der Waals surface area contributed by atoms with Gasteiger partial charge in [0, 0.05) is 11.8 Å². The van der Waals surface area contributed by atoms with Crippen LogP contribution >= 0.6 is 0 Å². The van der Waals surface area contributed by atoms with Crippen LogP contribution in [0.25, 0.3) is 0 Å². The fraction of sp³-hybridized carbons (Fsp3) is 0.263. The fourth-order valence-electron chi connectivity index (χ4n) is 2.65. The Morgan fingerprint density at radius 1 is 1.12 bits per heavy atom. The second-order valence-electron chi connectivity index (χ2n) is 5.98. The molecule has 2 N–H and O–H groups in total. The Hall–Kier alpha value is -2.67. The number of aliphatic carboxylic acids is 1. The zero-order valence-corrected chi connectivity index (χ0v) is 15.4. The van der Waals surface area contributed by atoms with Gasteiger partial charge in [0.1, 0.15) is 0 Å². The van der Waals surface area contributed by atoms with Gasteiger partial charge < -0.3 is 10.4 Å². The number of aryl methyl sites for hydroxylation is 1. The lowest BCUT2D eigenvalue weighted by Crippen LogP contribution is -2.31. The molecule has 0 spiro atoms. The summed E-state index contributed by atoms with van der Waals surface area (Å²) < 4.78 is 23.6. The van der Waals surface area contributed by atoms with Crippen molar-refractivity contribution in [1.82, 2.24) is 5.32 Å². The van der Waals surface area contributed by atoms with Crippen LogP contribution in [-0.2, 0) is 21.1 Å². The van der Waals surface area contributed by atoms with Crippen molar-refractivity contribution in [2.24, 2.45) is 0 Å². The maximum atomic E-state index is 12.8. The van der Waals surface area contributed by atoms with E-state index in [1.165, 1.54) is 12.1 Å². The molecule has 7 heteroatoms. The molecule has 26 heavy (non-hydrogen) atoms. The summed E-state index contributed by atoms with van der Waals surface area (Å²) in [7, 11) is -3.46. The number of benzene rings is 2. The molecule has 2 aromatic carbocycles. The lowest BCUT2D eigenvalue weighted by atomic mass is 10.0. The van der Waals surface area contributed by atoms with Crippen molar-refractivity contribution in [3.63, 3.8) is 0 Å². The second kappa shape index (κ2) is 8.14. The van der Waals surface area contributed by atoms with Crippen LogP contribution in [0, 0.1) is 0 Å². The van der Waals surface area contributed by atoms with Crippen LogP contribution in [-0.4, -0.2) is 31.7 Å². The van der Waals surface area contributed by atoms with E-state index in [1.807, 2.05) is 6.92 Å². The molecule has 2 rings (SSSR count). The molecule has 0 saturated carbocycles.